The first kappa shape index (κ1) is 15.8. The molecule has 1 atom stereocenters. The predicted molar refractivity (Wildman–Crippen MR) is 92.3 cm³/mol. The Morgan fingerprint density at radius 2 is 1.86 bits per heavy atom. The summed E-state index contributed by atoms with van der Waals surface area (Å²) in [5, 5.41) is 6.71. The van der Waals surface area contributed by atoms with E-state index in [1.165, 1.54) is 5.56 Å². The van der Waals surface area contributed by atoms with Crippen molar-refractivity contribution in [1.82, 2.24) is 9.97 Å². The van der Waals surface area contributed by atoms with Crippen LogP contribution < -0.4 is 10.6 Å². The molecule has 0 amide bonds. The van der Waals surface area contributed by atoms with Crippen molar-refractivity contribution < 1.29 is 0 Å². The highest BCUT2D eigenvalue weighted by molar-refractivity contribution is 9.10. The van der Waals surface area contributed by atoms with E-state index in [1.807, 2.05) is 19.1 Å². The van der Waals surface area contributed by atoms with Crippen LogP contribution in [0, 0.1) is 13.8 Å². The monoisotopic (exact) mass is 348 g/mol. The van der Waals surface area contributed by atoms with Crippen LogP contribution in [-0.4, -0.2) is 16.0 Å². The van der Waals surface area contributed by atoms with Crippen LogP contribution in [0.15, 0.2) is 28.7 Å². The van der Waals surface area contributed by atoms with Crippen molar-refractivity contribution >= 4 is 33.3 Å². The van der Waals surface area contributed by atoms with Gasteiger partial charge in [0.1, 0.15) is 17.5 Å². The average molecular weight is 349 g/mol. The maximum Gasteiger partial charge on any atom is 0.136 e. The van der Waals surface area contributed by atoms with Crippen molar-refractivity contribution in [2.45, 2.75) is 40.2 Å². The molecular weight excluding hydrogens is 328 g/mol. The summed E-state index contributed by atoms with van der Waals surface area (Å²) in [6, 6.07) is 8.51. The van der Waals surface area contributed by atoms with Crippen LogP contribution in [0.3, 0.4) is 0 Å². The fourth-order valence-electron chi connectivity index (χ4n) is 1.92. The predicted octanol–water partition coefficient (Wildman–Crippen LogP) is 4.81. The lowest BCUT2D eigenvalue weighted by Gasteiger charge is -2.14. The Kier molecular flexibility index (Phi) is 5.17. The normalized spacial score (nSPS) is 12.0. The van der Waals surface area contributed by atoms with Gasteiger partial charge in [0.2, 0.25) is 0 Å². The van der Waals surface area contributed by atoms with Gasteiger partial charge in [-0.3, -0.25) is 0 Å². The summed E-state index contributed by atoms with van der Waals surface area (Å²) in [6.07, 6.45) is 1.05. The van der Waals surface area contributed by atoms with Crippen molar-refractivity contribution in [1.29, 1.82) is 0 Å². The van der Waals surface area contributed by atoms with Crippen molar-refractivity contribution in [2.24, 2.45) is 0 Å². The quantitative estimate of drug-likeness (QED) is 0.813. The lowest BCUT2D eigenvalue weighted by molar-refractivity contribution is 0.757. The van der Waals surface area contributed by atoms with Crippen LogP contribution in [0.5, 0.6) is 0 Å². The molecule has 2 rings (SSSR count). The van der Waals surface area contributed by atoms with Gasteiger partial charge in [0.05, 0.1) is 5.69 Å². The molecule has 5 heteroatoms. The molecule has 21 heavy (non-hydrogen) atoms. The Bertz CT molecular complexity index is 628. The number of hydrogen-bond donors (Lipinski definition) is 2. The van der Waals surface area contributed by atoms with Crippen LogP contribution in [0.2, 0.25) is 0 Å². The molecule has 0 saturated carbocycles. The van der Waals surface area contributed by atoms with Crippen LogP contribution in [0.4, 0.5) is 17.3 Å². The van der Waals surface area contributed by atoms with E-state index in [0.717, 1.165) is 34.0 Å². The smallest absolute Gasteiger partial charge is 0.136 e. The molecule has 0 saturated heterocycles. The Balaban J connectivity index is 2.23. The second-order valence-corrected chi connectivity index (χ2v) is 6.10. The van der Waals surface area contributed by atoms with Crippen molar-refractivity contribution in [3.05, 3.63) is 40.1 Å². The highest BCUT2D eigenvalue weighted by Gasteiger charge is 2.06. The van der Waals surface area contributed by atoms with Crippen molar-refractivity contribution in [2.75, 3.05) is 10.6 Å². The molecule has 0 aliphatic rings. The first-order valence-corrected chi connectivity index (χ1v) is 7.92. The average Bonchev–Trinajstić information content (AvgIpc) is 2.41. The van der Waals surface area contributed by atoms with Crippen LogP contribution in [0.1, 0.15) is 31.7 Å². The molecule has 1 aromatic carbocycles. The molecule has 2 aromatic rings. The molecule has 0 aliphatic carbocycles. The number of nitrogens with zero attached hydrogens (tertiary/aromatic N) is 2. The van der Waals surface area contributed by atoms with E-state index in [0.29, 0.717) is 6.04 Å². The topological polar surface area (TPSA) is 49.8 Å². The van der Waals surface area contributed by atoms with E-state index in [-0.39, 0.29) is 0 Å². The molecule has 112 valence electrons. The van der Waals surface area contributed by atoms with Gasteiger partial charge in [0, 0.05) is 16.6 Å². The zero-order valence-corrected chi connectivity index (χ0v) is 14.5. The zero-order chi connectivity index (χ0) is 15.4. The second kappa shape index (κ2) is 6.89. The molecule has 4 nitrogen and oxygen atoms in total. The number of rotatable bonds is 5. The molecule has 0 radical (unpaired) electrons. The second-order valence-electron chi connectivity index (χ2n) is 5.25. The van der Waals surface area contributed by atoms with E-state index in [4.69, 9.17) is 0 Å². The van der Waals surface area contributed by atoms with Crippen LogP contribution in [0.25, 0.3) is 0 Å². The molecule has 0 fully saturated rings. The third-order valence-corrected chi connectivity index (χ3v) is 3.89. The largest absolute Gasteiger partial charge is 0.367 e. The number of hydrogen-bond acceptors (Lipinski definition) is 4. The third-order valence-electron chi connectivity index (χ3n) is 3.23. The number of benzene rings is 1. The Labute approximate surface area is 134 Å². The summed E-state index contributed by atoms with van der Waals surface area (Å²) < 4.78 is 1.02. The lowest BCUT2D eigenvalue weighted by atomic mass is 10.2. The standard InChI is InChI=1S/C16H21BrN4/c1-5-11(3)18-15-9-16(20-12(4)19-15)21-14-7-6-10(2)8-13(14)17/h6-9,11H,5H2,1-4H3,(H2,18,19,20,21). The fourth-order valence-corrected chi connectivity index (χ4v) is 2.51. The minimum absolute atomic E-state index is 0.387. The number of aryl methyl sites for hydroxylation is 2. The van der Waals surface area contributed by atoms with Gasteiger partial charge >= 0.3 is 0 Å². The van der Waals surface area contributed by atoms with Gasteiger partial charge in [-0.15, -0.1) is 0 Å². The van der Waals surface area contributed by atoms with Gasteiger partial charge < -0.3 is 10.6 Å². The van der Waals surface area contributed by atoms with Gasteiger partial charge in [0.15, 0.2) is 0 Å². The van der Waals surface area contributed by atoms with Gasteiger partial charge in [-0.2, -0.15) is 0 Å². The van der Waals surface area contributed by atoms with E-state index in [1.54, 1.807) is 0 Å². The Morgan fingerprint density at radius 1 is 1.14 bits per heavy atom. The summed E-state index contributed by atoms with van der Waals surface area (Å²) in [5.41, 5.74) is 2.21. The number of anilines is 3. The number of nitrogens with one attached hydrogen (secondary N) is 2. The molecule has 0 bridgehead atoms. The molecule has 2 N–H and O–H groups in total. The minimum atomic E-state index is 0.387. The molecule has 1 aromatic heterocycles. The molecule has 0 aliphatic heterocycles. The molecule has 1 heterocycles. The highest BCUT2D eigenvalue weighted by atomic mass is 79.9. The summed E-state index contributed by atoms with van der Waals surface area (Å²) in [7, 11) is 0. The Morgan fingerprint density at radius 3 is 2.52 bits per heavy atom. The van der Waals surface area contributed by atoms with E-state index >= 15 is 0 Å². The SMILES string of the molecule is CCC(C)Nc1cc(Nc2ccc(C)cc2Br)nc(C)n1. The zero-order valence-electron chi connectivity index (χ0n) is 12.9. The van der Waals surface area contributed by atoms with E-state index < -0.39 is 0 Å². The maximum atomic E-state index is 4.44. The first-order chi connectivity index (χ1) is 9.97. The minimum Gasteiger partial charge on any atom is -0.367 e. The van der Waals surface area contributed by atoms with Gasteiger partial charge in [-0.25, -0.2) is 9.97 Å². The van der Waals surface area contributed by atoms with Gasteiger partial charge in [-0.1, -0.05) is 13.0 Å². The fraction of sp³-hybridized carbons (Fsp3) is 0.375. The summed E-state index contributed by atoms with van der Waals surface area (Å²) in [6.45, 7) is 8.25. The summed E-state index contributed by atoms with van der Waals surface area (Å²) in [4.78, 5) is 8.87. The van der Waals surface area contributed by atoms with Gasteiger partial charge in [0.25, 0.3) is 0 Å². The van der Waals surface area contributed by atoms with E-state index in [9.17, 15) is 0 Å². The lowest BCUT2D eigenvalue weighted by Crippen LogP contribution is -2.15. The van der Waals surface area contributed by atoms with Crippen molar-refractivity contribution in [3.63, 3.8) is 0 Å². The number of aromatic nitrogens is 2. The summed E-state index contributed by atoms with van der Waals surface area (Å²) >= 11 is 3.57. The van der Waals surface area contributed by atoms with Crippen LogP contribution >= 0.6 is 15.9 Å². The van der Waals surface area contributed by atoms with Gasteiger partial charge in [-0.05, 0) is 60.8 Å². The summed E-state index contributed by atoms with van der Waals surface area (Å²) in [5.74, 6) is 2.38. The highest BCUT2D eigenvalue weighted by Crippen LogP contribution is 2.26. The van der Waals surface area contributed by atoms with Crippen LogP contribution in [-0.2, 0) is 0 Å². The first-order valence-electron chi connectivity index (χ1n) is 7.13. The van der Waals surface area contributed by atoms with E-state index in [2.05, 4.69) is 69.4 Å². The molecule has 1 unspecified atom stereocenters. The maximum absolute atomic E-state index is 4.44. The van der Waals surface area contributed by atoms with Crippen molar-refractivity contribution in [3.8, 4) is 0 Å². The number of halogens is 1. The molecule has 0 spiro atoms. The third kappa shape index (κ3) is 4.43. The molecular formula is C16H21BrN4. The Hall–Kier alpha value is -1.62.